The van der Waals surface area contributed by atoms with E-state index in [4.69, 9.17) is 5.11 Å². The standard InChI is InChI=1S/C16H17NO2/c1-17-15(16(18)19)11-12-7-9-14(10-8-12)13-5-3-2-4-6-13/h2-10,15,17H,11H2,1H3,(H,18,19)/t15-/m1/s1. The molecule has 0 spiro atoms. The van der Waals surface area contributed by atoms with Gasteiger partial charge in [-0.2, -0.15) is 0 Å². The second-order valence-corrected chi connectivity index (χ2v) is 4.45. The number of benzene rings is 2. The summed E-state index contributed by atoms with van der Waals surface area (Å²) in [6.45, 7) is 0. The molecule has 2 rings (SSSR count). The van der Waals surface area contributed by atoms with Crippen molar-refractivity contribution in [1.29, 1.82) is 0 Å². The zero-order valence-electron chi connectivity index (χ0n) is 10.8. The van der Waals surface area contributed by atoms with Gasteiger partial charge in [0.05, 0.1) is 0 Å². The lowest BCUT2D eigenvalue weighted by Gasteiger charge is -2.11. The molecule has 3 nitrogen and oxygen atoms in total. The first-order valence-electron chi connectivity index (χ1n) is 6.25. The van der Waals surface area contributed by atoms with Crippen LogP contribution < -0.4 is 5.32 Å². The summed E-state index contributed by atoms with van der Waals surface area (Å²) in [5.41, 5.74) is 3.32. The average Bonchev–Trinajstić information content (AvgIpc) is 2.46. The Bertz CT molecular complexity index is 534. The van der Waals surface area contributed by atoms with Crippen LogP contribution in [-0.2, 0) is 11.2 Å². The first-order chi connectivity index (χ1) is 9.20. The molecule has 0 aliphatic rings. The van der Waals surface area contributed by atoms with Crippen LogP contribution in [0.25, 0.3) is 11.1 Å². The molecule has 0 amide bonds. The normalized spacial score (nSPS) is 12.1. The van der Waals surface area contributed by atoms with Gasteiger partial charge in [0.25, 0.3) is 0 Å². The molecular weight excluding hydrogens is 238 g/mol. The summed E-state index contributed by atoms with van der Waals surface area (Å²) in [4.78, 5) is 11.0. The molecule has 1 atom stereocenters. The van der Waals surface area contributed by atoms with Crippen molar-refractivity contribution >= 4 is 5.97 Å². The molecule has 2 N–H and O–H groups in total. The predicted octanol–water partition coefficient (Wildman–Crippen LogP) is 2.57. The maximum absolute atomic E-state index is 11.0. The van der Waals surface area contributed by atoms with Crippen LogP contribution in [0.4, 0.5) is 0 Å². The number of carboxylic acid groups (broad SMARTS) is 1. The Morgan fingerprint density at radius 1 is 1.05 bits per heavy atom. The van der Waals surface area contributed by atoms with E-state index in [-0.39, 0.29) is 0 Å². The molecule has 3 heteroatoms. The molecule has 2 aromatic carbocycles. The monoisotopic (exact) mass is 255 g/mol. The van der Waals surface area contributed by atoms with E-state index in [1.807, 2.05) is 42.5 Å². The maximum Gasteiger partial charge on any atom is 0.321 e. The van der Waals surface area contributed by atoms with Gasteiger partial charge in [0, 0.05) is 0 Å². The van der Waals surface area contributed by atoms with Crippen molar-refractivity contribution in [2.45, 2.75) is 12.5 Å². The summed E-state index contributed by atoms with van der Waals surface area (Å²) < 4.78 is 0. The fourth-order valence-corrected chi connectivity index (χ4v) is 2.01. The van der Waals surface area contributed by atoms with E-state index in [1.165, 1.54) is 0 Å². The van der Waals surface area contributed by atoms with E-state index in [1.54, 1.807) is 7.05 Å². The molecule has 0 unspecified atom stereocenters. The summed E-state index contributed by atoms with van der Waals surface area (Å²) >= 11 is 0. The Morgan fingerprint density at radius 3 is 2.16 bits per heavy atom. The lowest BCUT2D eigenvalue weighted by Crippen LogP contribution is -2.35. The molecule has 19 heavy (non-hydrogen) atoms. The third kappa shape index (κ3) is 3.42. The minimum atomic E-state index is -0.824. The number of likely N-dealkylation sites (N-methyl/N-ethyl adjacent to an activating group) is 1. The molecule has 0 aliphatic carbocycles. The van der Waals surface area contributed by atoms with Gasteiger partial charge < -0.3 is 10.4 Å². The summed E-state index contributed by atoms with van der Waals surface area (Å²) in [6, 6.07) is 17.6. The number of aliphatic carboxylic acids is 1. The number of rotatable bonds is 5. The molecule has 0 aromatic heterocycles. The Hall–Kier alpha value is -2.13. The summed E-state index contributed by atoms with van der Waals surface area (Å²) in [5.74, 6) is -0.824. The van der Waals surface area contributed by atoms with Crippen LogP contribution >= 0.6 is 0 Å². The first-order valence-corrected chi connectivity index (χ1v) is 6.25. The second kappa shape index (κ2) is 6.16. The lowest BCUT2D eigenvalue weighted by molar-refractivity contribution is -0.139. The van der Waals surface area contributed by atoms with Crippen molar-refractivity contribution in [2.75, 3.05) is 7.05 Å². The maximum atomic E-state index is 11.0. The summed E-state index contributed by atoms with van der Waals surface area (Å²) in [5, 5.41) is 11.8. The Morgan fingerprint density at radius 2 is 1.63 bits per heavy atom. The molecule has 0 heterocycles. The molecule has 0 saturated heterocycles. The van der Waals surface area contributed by atoms with E-state index >= 15 is 0 Å². The van der Waals surface area contributed by atoms with Crippen LogP contribution in [0.15, 0.2) is 54.6 Å². The Balaban J connectivity index is 2.13. The van der Waals surface area contributed by atoms with E-state index in [2.05, 4.69) is 17.4 Å². The molecule has 0 aliphatic heterocycles. The van der Waals surface area contributed by atoms with Gasteiger partial charge in [0.15, 0.2) is 0 Å². The number of carboxylic acids is 1. The van der Waals surface area contributed by atoms with Crippen molar-refractivity contribution < 1.29 is 9.90 Å². The van der Waals surface area contributed by atoms with Gasteiger partial charge in [-0.15, -0.1) is 0 Å². The van der Waals surface area contributed by atoms with Crippen LogP contribution in [0.1, 0.15) is 5.56 Å². The molecule has 0 saturated carbocycles. The van der Waals surface area contributed by atoms with Gasteiger partial charge in [-0.05, 0) is 30.2 Å². The highest BCUT2D eigenvalue weighted by Gasteiger charge is 2.14. The van der Waals surface area contributed by atoms with E-state index in [0.717, 1.165) is 16.7 Å². The topological polar surface area (TPSA) is 49.3 Å². The van der Waals surface area contributed by atoms with Crippen molar-refractivity contribution in [1.82, 2.24) is 5.32 Å². The van der Waals surface area contributed by atoms with Crippen molar-refractivity contribution in [3.8, 4) is 11.1 Å². The van der Waals surface area contributed by atoms with Crippen LogP contribution in [-0.4, -0.2) is 24.2 Å². The first kappa shape index (κ1) is 13.3. The zero-order chi connectivity index (χ0) is 13.7. The van der Waals surface area contributed by atoms with Crippen molar-refractivity contribution in [3.05, 3.63) is 60.2 Å². The fourth-order valence-electron chi connectivity index (χ4n) is 2.01. The van der Waals surface area contributed by atoms with Gasteiger partial charge in [0.2, 0.25) is 0 Å². The third-order valence-corrected chi connectivity index (χ3v) is 3.15. The Labute approximate surface area is 112 Å². The minimum Gasteiger partial charge on any atom is -0.480 e. The highest BCUT2D eigenvalue weighted by molar-refractivity contribution is 5.74. The number of carbonyl (C=O) groups is 1. The molecule has 0 fully saturated rings. The fraction of sp³-hybridized carbons (Fsp3) is 0.188. The lowest BCUT2D eigenvalue weighted by atomic mass is 10.0. The third-order valence-electron chi connectivity index (χ3n) is 3.15. The van der Waals surface area contributed by atoms with Gasteiger partial charge in [-0.3, -0.25) is 4.79 Å². The predicted molar refractivity (Wildman–Crippen MR) is 76.1 cm³/mol. The molecule has 0 radical (unpaired) electrons. The summed E-state index contributed by atoms with van der Waals surface area (Å²) in [7, 11) is 1.66. The highest BCUT2D eigenvalue weighted by atomic mass is 16.4. The van der Waals surface area contributed by atoms with E-state index in [9.17, 15) is 4.79 Å². The average molecular weight is 255 g/mol. The van der Waals surface area contributed by atoms with Crippen LogP contribution in [0.5, 0.6) is 0 Å². The van der Waals surface area contributed by atoms with Gasteiger partial charge in [0.1, 0.15) is 6.04 Å². The van der Waals surface area contributed by atoms with Crippen LogP contribution in [0, 0.1) is 0 Å². The number of nitrogens with one attached hydrogen (secondary N) is 1. The van der Waals surface area contributed by atoms with Crippen LogP contribution in [0.2, 0.25) is 0 Å². The molecule has 98 valence electrons. The van der Waals surface area contributed by atoms with Gasteiger partial charge in [-0.1, -0.05) is 54.6 Å². The number of hydrogen-bond donors (Lipinski definition) is 2. The smallest absolute Gasteiger partial charge is 0.321 e. The molecule has 0 bridgehead atoms. The van der Waals surface area contributed by atoms with Crippen molar-refractivity contribution in [3.63, 3.8) is 0 Å². The van der Waals surface area contributed by atoms with E-state index in [0.29, 0.717) is 6.42 Å². The molecule has 2 aromatic rings. The van der Waals surface area contributed by atoms with Gasteiger partial charge >= 0.3 is 5.97 Å². The highest BCUT2D eigenvalue weighted by Crippen LogP contribution is 2.19. The minimum absolute atomic E-state index is 0.487. The van der Waals surface area contributed by atoms with E-state index < -0.39 is 12.0 Å². The largest absolute Gasteiger partial charge is 0.480 e. The van der Waals surface area contributed by atoms with Crippen LogP contribution in [0.3, 0.4) is 0 Å². The SMILES string of the molecule is CN[C@H](Cc1ccc(-c2ccccc2)cc1)C(=O)O. The second-order valence-electron chi connectivity index (χ2n) is 4.45. The van der Waals surface area contributed by atoms with Crippen molar-refractivity contribution in [2.24, 2.45) is 0 Å². The van der Waals surface area contributed by atoms with Gasteiger partial charge in [-0.25, -0.2) is 0 Å². The zero-order valence-corrected chi connectivity index (χ0v) is 10.8. The molecular formula is C16H17NO2. The quantitative estimate of drug-likeness (QED) is 0.863. The number of hydrogen-bond acceptors (Lipinski definition) is 2. The summed E-state index contributed by atoms with van der Waals surface area (Å²) in [6.07, 6.45) is 0.487. The Kier molecular flexibility index (Phi) is 4.31.